The monoisotopic (exact) mass is 293 g/mol. The highest BCUT2D eigenvalue weighted by atomic mass is 32.1. The van der Waals surface area contributed by atoms with Gasteiger partial charge in [-0.05, 0) is 61.8 Å². The van der Waals surface area contributed by atoms with Crippen molar-refractivity contribution in [2.45, 2.75) is 25.9 Å². The first-order chi connectivity index (χ1) is 9.65. The number of ether oxygens (including phenoxy) is 1. The minimum atomic E-state index is 0.239. The molecule has 0 amide bonds. The first kappa shape index (κ1) is 14.7. The number of phenolic OH excluding ortho intramolecular Hbond substituents is 1. The summed E-state index contributed by atoms with van der Waals surface area (Å²) in [6.07, 6.45) is 2.44. The van der Waals surface area contributed by atoms with Gasteiger partial charge >= 0.3 is 0 Å². The number of hydrogen-bond acceptors (Lipinski definition) is 4. The molecule has 1 aromatic rings. The maximum Gasteiger partial charge on any atom is 0.187 e. The minimum Gasteiger partial charge on any atom is -0.508 e. The molecule has 1 aliphatic heterocycles. The van der Waals surface area contributed by atoms with Gasteiger partial charge in [0.2, 0.25) is 0 Å². The molecule has 2 rings (SSSR count). The fourth-order valence-electron chi connectivity index (χ4n) is 1.95. The number of hydrazone groups is 1. The predicted molar refractivity (Wildman–Crippen MR) is 83.0 cm³/mol. The Kier molecular flexibility index (Phi) is 5.31. The lowest BCUT2D eigenvalue weighted by atomic mass is 10.1. The van der Waals surface area contributed by atoms with Crippen LogP contribution in [-0.4, -0.2) is 35.2 Å². The van der Waals surface area contributed by atoms with Crippen LogP contribution in [0.5, 0.6) is 5.75 Å². The smallest absolute Gasteiger partial charge is 0.187 e. The lowest BCUT2D eigenvalue weighted by Crippen LogP contribution is -2.37. The maximum absolute atomic E-state index is 9.23. The lowest BCUT2D eigenvalue weighted by molar-refractivity contribution is 0.114. The van der Waals surface area contributed by atoms with Gasteiger partial charge in [0.05, 0.1) is 11.8 Å². The Morgan fingerprint density at radius 3 is 2.85 bits per heavy atom. The van der Waals surface area contributed by atoms with Crippen LogP contribution in [0.15, 0.2) is 29.4 Å². The molecule has 1 saturated heterocycles. The molecule has 0 aromatic heterocycles. The van der Waals surface area contributed by atoms with E-state index in [0.29, 0.717) is 11.7 Å². The molecule has 0 radical (unpaired) electrons. The molecule has 0 unspecified atom stereocenters. The molecule has 20 heavy (non-hydrogen) atoms. The average Bonchev–Trinajstić information content (AvgIpc) is 2.96. The van der Waals surface area contributed by atoms with Crippen molar-refractivity contribution in [2.24, 2.45) is 5.10 Å². The number of nitrogens with zero attached hydrogens (tertiary/aromatic N) is 1. The number of benzene rings is 1. The van der Waals surface area contributed by atoms with Crippen LogP contribution in [-0.2, 0) is 4.74 Å². The van der Waals surface area contributed by atoms with E-state index in [1.807, 2.05) is 6.92 Å². The van der Waals surface area contributed by atoms with E-state index in [-0.39, 0.29) is 11.9 Å². The highest BCUT2D eigenvalue weighted by Crippen LogP contribution is 2.11. The normalized spacial score (nSPS) is 18.9. The van der Waals surface area contributed by atoms with Gasteiger partial charge in [-0.25, -0.2) is 0 Å². The van der Waals surface area contributed by atoms with Crippen molar-refractivity contribution >= 4 is 23.0 Å². The van der Waals surface area contributed by atoms with E-state index in [0.717, 1.165) is 30.7 Å². The molecule has 1 heterocycles. The van der Waals surface area contributed by atoms with Gasteiger partial charge < -0.3 is 15.2 Å². The summed E-state index contributed by atoms with van der Waals surface area (Å²) in [7, 11) is 0. The maximum atomic E-state index is 9.23. The molecule has 6 heteroatoms. The standard InChI is InChI=1S/C14H19N3O2S/c1-10(11-4-6-12(18)7-5-11)16-17-14(20)15-9-13-3-2-8-19-13/h4-7,13,18H,2-3,8-9H2,1H3,(H2,15,17,20)/b16-10+/t13-/m1/s1. The topological polar surface area (TPSA) is 65.9 Å². The van der Waals surface area contributed by atoms with Crippen molar-refractivity contribution in [3.8, 4) is 5.75 Å². The van der Waals surface area contributed by atoms with Crippen molar-refractivity contribution in [1.29, 1.82) is 0 Å². The van der Waals surface area contributed by atoms with Gasteiger partial charge in [-0.1, -0.05) is 0 Å². The third kappa shape index (κ3) is 4.47. The van der Waals surface area contributed by atoms with Gasteiger partial charge in [0.25, 0.3) is 0 Å². The third-order valence-electron chi connectivity index (χ3n) is 3.12. The lowest BCUT2D eigenvalue weighted by Gasteiger charge is -2.12. The van der Waals surface area contributed by atoms with Gasteiger partial charge in [0.1, 0.15) is 5.75 Å². The molecular formula is C14H19N3O2S. The van der Waals surface area contributed by atoms with Crippen molar-refractivity contribution in [3.05, 3.63) is 29.8 Å². The molecule has 1 atom stereocenters. The second-order valence-electron chi connectivity index (χ2n) is 4.70. The van der Waals surface area contributed by atoms with E-state index < -0.39 is 0 Å². The molecular weight excluding hydrogens is 274 g/mol. The Morgan fingerprint density at radius 2 is 2.20 bits per heavy atom. The van der Waals surface area contributed by atoms with Gasteiger partial charge in [-0.3, -0.25) is 5.43 Å². The van der Waals surface area contributed by atoms with Crippen LogP contribution in [0.3, 0.4) is 0 Å². The Labute approximate surface area is 124 Å². The van der Waals surface area contributed by atoms with Crippen LogP contribution < -0.4 is 10.7 Å². The van der Waals surface area contributed by atoms with E-state index in [4.69, 9.17) is 17.0 Å². The number of aromatic hydroxyl groups is 1. The molecule has 0 saturated carbocycles. The van der Waals surface area contributed by atoms with Crippen LogP contribution in [0.1, 0.15) is 25.3 Å². The Morgan fingerprint density at radius 1 is 1.45 bits per heavy atom. The molecule has 108 valence electrons. The van der Waals surface area contributed by atoms with Crippen molar-refractivity contribution in [2.75, 3.05) is 13.2 Å². The van der Waals surface area contributed by atoms with Crippen molar-refractivity contribution in [1.82, 2.24) is 10.7 Å². The third-order valence-corrected chi connectivity index (χ3v) is 3.36. The summed E-state index contributed by atoms with van der Waals surface area (Å²) < 4.78 is 5.50. The summed E-state index contributed by atoms with van der Waals surface area (Å²) in [4.78, 5) is 0. The fraction of sp³-hybridized carbons (Fsp3) is 0.429. The van der Waals surface area contributed by atoms with Crippen LogP contribution in [0.4, 0.5) is 0 Å². The van der Waals surface area contributed by atoms with Gasteiger partial charge in [-0.15, -0.1) is 0 Å². The summed E-state index contributed by atoms with van der Waals surface area (Å²) >= 11 is 5.15. The minimum absolute atomic E-state index is 0.239. The van der Waals surface area contributed by atoms with E-state index >= 15 is 0 Å². The van der Waals surface area contributed by atoms with Gasteiger partial charge in [0, 0.05) is 13.2 Å². The van der Waals surface area contributed by atoms with E-state index in [9.17, 15) is 5.11 Å². The largest absolute Gasteiger partial charge is 0.508 e. The zero-order valence-corrected chi connectivity index (χ0v) is 12.2. The first-order valence-electron chi connectivity index (χ1n) is 6.64. The van der Waals surface area contributed by atoms with Gasteiger partial charge in [-0.2, -0.15) is 5.10 Å². The SMILES string of the molecule is C/C(=N\NC(=S)NC[C@H]1CCCO1)c1ccc(O)cc1. The summed E-state index contributed by atoms with van der Waals surface area (Å²) in [6, 6.07) is 6.86. The second-order valence-corrected chi connectivity index (χ2v) is 5.11. The number of hydrogen-bond donors (Lipinski definition) is 3. The Bertz CT molecular complexity index is 482. The summed E-state index contributed by atoms with van der Waals surface area (Å²) in [5.74, 6) is 0.239. The van der Waals surface area contributed by atoms with Crippen molar-refractivity contribution in [3.63, 3.8) is 0 Å². The molecule has 1 aliphatic rings. The fourth-order valence-corrected chi connectivity index (χ4v) is 2.08. The number of thiocarbonyl (C=S) groups is 1. The van der Waals surface area contributed by atoms with Crippen LogP contribution in [0.25, 0.3) is 0 Å². The molecule has 0 aliphatic carbocycles. The van der Waals surface area contributed by atoms with Gasteiger partial charge in [0.15, 0.2) is 5.11 Å². The summed E-state index contributed by atoms with van der Waals surface area (Å²) in [5.41, 5.74) is 4.54. The van der Waals surface area contributed by atoms with E-state index in [1.165, 1.54) is 0 Å². The van der Waals surface area contributed by atoms with Crippen LogP contribution in [0, 0.1) is 0 Å². The first-order valence-corrected chi connectivity index (χ1v) is 7.05. The quantitative estimate of drug-likeness (QED) is 0.448. The second kappa shape index (κ2) is 7.21. The van der Waals surface area contributed by atoms with Crippen molar-refractivity contribution < 1.29 is 9.84 Å². The molecule has 0 spiro atoms. The average molecular weight is 293 g/mol. The van der Waals surface area contributed by atoms with Crippen LogP contribution >= 0.6 is 12.2 Å². The number of nitrogens with one attached hydrogen (secondary N) is 2. The van der Waals surface area contributed by atoms with E-state index in [1.54, 1.807) is 24.3 Å². The van der Waals surface area contributed by atoms with E-state index in [2.05, 4.69) is 15.8 Å². The highest BCUT2D eigenvalue weighted by Gasteiger charge is 2.15. The summed E-state index contributed by atoms with van der Waals surface area (Å²) in [6.45, 7) is 3.42. The molecule has 5 nitrogen and oxygen atoms in total. The molecule has 1 aromatic carbocycles. The molecule has 1 fully saturated rings. The Balaban J connectivity index is 1.78. The van der Waals surface area contributed by atoms with Crippen LogP contribution in [0.2, 0.25) is 0 Å². The molecule has 0 bridgehead atoms. The predicted octanol–water partition coefficient (Wildman–Crippen LogP) is 1.76. The Hall–Kier alpha value is -1.66. The zero-order valence-electron chi connectivity index (χ0n) is 11.4. The zero-order chi connectivity index (χ0) is 14.4. The highest BCUT2D eigenvalue weighted by molar-refractivity contribution is 7.80. The number of rotatable bonds is 4. The molecule has 3 N–H and O–H groups in total. The number of phenols is 1. The summed E-state index contributed by atoms with van der Waals surface area (Å²) in [5, 5.41) is 17.0.